The number of esters is 1. The fourth-order valence-corrected chi connectivity index (χ4v) is 2.80. The number of ether oxygens (including phenoxy) is 2. The van der Waals surface area contributed by atoms with Crippen LogP contribution >= 0.6 is 15.9 Å². The molecule has 0 radical (unpaired) electrons. The molecule has 146 valence electrons. The summed E-state index contributed by atoms with van der Waals surface area (Å²) >= 11 is 3.33. The molecule has 0 aliphatic heterocycles. The molecule has 0 fully saturated rings. The van der Waals surface area contributed by atoms with Gasteiger partial charge in [-0.3, -0.25) is 9.78 Å². The zero-order chi connectivity index (χ0) is 20.6. The lowest BCUT2D eigenvalue weighted by Crippen LogP contribution is -2.18. The summed E-state index contributed by atoms with van der Waals surface area (Å²) in [5.74, 6) is -0.319. The summed E-state index contributed by atoms with van der Waals surface area (Å²) in [6.07, 6.45) is 2.97. The highest BCUT2D eigenvalue weighted by Crippen LogP contribution is 2.29. The normalized spacial score (nSPS) is 10.6. The minimum atomic E-state index is -0.514. The summed E-state index contributed by atoms with van der Waals surface area (Å²) in [5, 5.41) is 3.91. The number of nitrogens with zero attached hydrogens (tertiary/aromatic N) is 2. The maximum absolute atomic E-state index is 12.4. The quantitative estimate of drug-likeness (QED) is 0.265. The van der Waals surface area contributed by atoms with Crippen LogP contribution in [0.1, 0.15) is 26.4 Å². The molecule has 8 heteroatoms. The third kappa shape index (κ3) is 5.26. The minimum absolute atomic E-state index is 0.261. The Morgan fingerprint density at radius 3 is 2.59 bits per heavy atom. The molecule has 7 nitrogen and oxygen atoms in total. The Hall–Kier alpha value is -3.52. The van der Waals surface area contributed by atoms with Gasteiger partial charge in [-0.2, -0.15) is 5.10 Å². The second-order valence-corrected chi connectivity index (χ2v) is 6.55. The van der Waals surface area contributed by atoms with Crippen LogP contribution in [0.15, 0.2) is 76.4 Å². The smallest absolute Gasteiger partial charge is 0.344 e. The topological polar surface area (TPSA) is 89.9 Å². The number of hydrogen-bond acceptors (Lipinski definition) is 6. The Bertz CT molecular complexity index is 1050. The molecule has 1 amide bonds. The molecule has 1 N–H and O–H groups in total. The van der Waals surface area contributed by atoms with E-state index >= 15 is 0 Å². The van der Waals surface area contributed by atoms with E-state index in [1.165, 1.54) is 19.5 Å². The Morgan fingerprint density at radius 1 is 1.07 bits per heavy atom. The van der Waals surface area contributed by atoms with Crippen molar-refractivity contribution < 1.29 is 19.1 Å². The van der Waals surface area contributed by atoms with Gasteiger partial charge in [-0.05, 0) is 64.0 Å². The van der Waals surface area contributed by atoms with Crippen molar-refractivity contribution >= 4 is 34.0 Å². The summed E-state index contributed by atoms with van der Waals surface area (Å²) in [6.45, 7) is 0. The van der Waals surface area contributed by atoms with E-state index in [-0.39, 0.29) is 11.4 Å². The van der Waals surface area contributed by atoms with E-state index in [0.29, 0.717) is 21.3 Å². The first kappa shape index (κ1) is 20.2. The molecule has 0 unspecified atom stereocenters. The van der Waals surface area contributed by atoms with Crippen LogP contribution in [0.3, 0.4) is 0 Å². The molecule has 1 aromatic heterocycles. The number of hydrazone groups is 1. The van der Waals surface area contributed by atoms with Crippen LogP contribution in [-0.2, 0) is 0 Å². The van der Waals surface area contributed by atoms with Crippen LogP contribution in [0, 0.1) is 0 Å². The predicted octanol–water partition coefficient (Wildman–Crippen LogP) is 3.84. The van der Waals surface area contributed by atoms with Gasteiger partial charge in [-0.25, -0.2) is 10.2 Å². The number of amides is 1. The number of nitrogens with one attached hydrogen (secondary N) is 1. The van der Waals surface area contributed by atoms with E-state index in [2.05, 4.69) is 31.4 Å². The van der Waals surface area contributed by atoms with Crippen molar-refractivity contribution in [1.29, 1.82) is 0 Å². The number of methoxy groups -OCH3 is 1. The molecule has 0 saturated heterocycles. The first-order chi connectivity index (χ1) is 14.1. The summed E-state index contributed by atoms with van der Waals surface area (Å²) < 4.78 is 11.4. The lowest BCUT2D eigenvalue weighted by atomic mass is 10.2. The lowest BCUT2D eigenvalue weighted by molar-refractivity contribution is 0.0728. The second-order valence-electron chi connectivity index (χ2n) is 5.69. The third-order valence-corrected chi connectivity index (χ3v) is 4.45. The molecule has 0 atom stereocenters. The van der Waals surface area contributed by atoms with Crippen molar-refractivity contribution in [1.82, 2.24) is 10.4 Å². The van der Waals surface area contributed by atoms with Crippen LogP contribution in [0.5, 0.6) is 11.5 Å². The zero-order valence-corrected chi connectivity index (χ0v) is 16.9. The summed E-state index contributed by atoms with van der Waals surface area (Å²) in [7, 11) is 1.47. The number of aromatic nitrogens is 1. The Labute approximate surface area is 175 Å². The van der Waals surface area contributed by atoms with Crippen molar-refractivity contribution in [3.8, 4) is 11.5 Å². The number of rotatable bonds is 6. The molecule has 3 rings (SSSR count). The van der Waals surface area contributed by atoms with Crippen LogP contribution in [0.2, 0.25) is 0 Å². The first-order valence-electron chi connectivity index (χ1n) is 8.47. The Kier molecular flexibility index (Phi) is 6.70. The van der Waals surface area contributed by atoms with Gasteiger partial charge < -0.3 is 9.47 Å². The van der Waals surface area contributed by atoms with Gasteiger partial charge in [0, 0.05) is 10.7 Å². The standard InChI is InChI=1S/C21H16BrN3O4/c1-28-19-12-14(13-24-25-20(26)17-8-4-5-11-23-17)9-10-18(19)29-21(27)15-6-2-3-7-16(15)22/h2-13H,1H3,(H,25,26)/b24-13-. The van der Waals surface area contributed by atoms with E-state index in [9.17, 15) is 9.59 Å². The van der Waals surface area contributed by atoms with Gasteiger partial charge in [0.05, 0.1) is 18.9 Å². The van der Waals surface area contributed by atoms with E-state index in [1.54, 1.807) is 54.6 Å². The number of halogens is 1. The molecular formula is C21H16BrN3O4. The summed E-state index contributed by atoms with van der Waals surface area (Å²) in [4.78, 5) is 28.2. The molecule has 0 bridgehead atoms. The molecule has 3 aromatic rings. The Balaban J connectivity index is 1.69. The SMILES string of the molecule is COc1cc(/C=N\NC(=O)c2ccccn2)ccc1OC(=O)c1ccccc1Br. The van der Waals surface area contributed by atoms with E-state index in [4.69, 9.17) is 9.47 Å². The van der Waals surface area contributed by atoms with E-state index < -0.39 is 11.9 Å². The maximum atomic E-state index is 12.4. The average Bonchev–Trinajstić information content (AvgIpc) is 2.75. The second kappa shape index (κ2) is 9.61. The fourth-order valence-electron chi connectivity index (χ4n) is 2.35. The summed E-state index contributed by atoms with van der Waals surface area (Å²) in [6, 6.07) is 16.9. The molecule has 0 saturated carbocycles. The molecule has 2 aromatic carbocycles. The number of pyridine rings is 1. The predicted molar refractivity (Wildman–Crippen MR) is 111 cm³/mol. The van der Waals surface area contributed by atoms with Crippen LogP contribution in [0.25, 0.3) is 0 Å². The van der Waals surface area contributed by atoms with E-state index in [1.807, 2.05) is 6.07 Å². The average molecular weight is 454 g/mol. The van der Waals surface area contributed by atoms with Gasteiger partial charge in [0.15, 0.2) is 11.5 Å². The highest BCUT2D eigenvalue weighted by Gasteiger charge is 2.15. The minimum Gasteiger partial charge on any atom is -0.493 e. The van der Waals surface area contributed by atoms with E-state index in [0.717, 1.165) is 0 Å². The van der Waals surface area contributed by atoms with Gasteiger partial charge in [0.25, 0.3) is 5.91 Å². The molecule has 29 heavy (non-hydrogen) atoms. The monoisotopic (exact) mass is 453 g/mol. The van der Waals surface area contributed by atoms with Crippen molar-refractivity contribution in [3.63, 3.8) is 0 Å². The van der Waals surface area contributed by atoms with Crippen LogP contribution in [-0.4, -0.2) is 30.2 Å². The number of benzene rings is 2. The van der Waals surface area contributed by atoms with Crippen LogP contribution in [0.4, 0.5) is 0 Å². The number of carbonyl (C=O) groups is 2. The van der Waals surface area contributed by atoms with Gasteiger partial charge in [-0.1, -0.05) is 18.2 Å². The zero-order valence-electron chi connectivity index (χ0n) is 15.3. The van der Waals surface area contributed by atoms with Crippen molar-refractivity contribution in [2.24, 2.45) is 5.10 Å². The van der Waals surface area contributed by atoms with Crippen molar-refractivity contribution in [3.05, 3.63) is 88.2 Å². The lowest BCUT2D eigenvalue weighted by Gasteiger charge is -2.10. The molecular weight excluding hydrogens is 438 g/mol. The van der Waals surface area contributed by atoms with Gasteiger partial charge in [0.1, 0.15) is 5.69 Å². The molecule has 1 heterocycles. The third-order valence-electron chi connectivity index (χ3n) is 3.76. The molecule has 0 aliphatic rings. The fraction of sp³-hybridized carbons (Fsp3) is 0.0476. The van der Waals surface area contributed by atoms with Crippen molar-refractivity contribution in [2.75, 3.05) is 7.11 Å². The maximum Gasteiger partial charge on any atom is 0.344 e. The highest BCUT2D eigenvalue weighted by atomic mass is 79.9. The first-order valence-corrected chi connectivity index (χ1v) is 9.27. The highest BCUT2D eigenvalue weighted by molar-refractivity contribution is 9.10. The number of carbonyl (C=O) groups excluding carboxylic acids is 2. The Morgan fingerprint density at radius 2 is 1.86 bits per heavy atom. The number of hydrogen-bond donors (Lipinski definition) is 1. The van der Waals surface area contributed by atoms with Gasteiger partial charge in [-0.15, -0.1) is 0 Å². The van der Waals surface area contributed by atoms with Gasteiger partial charge in [0.2, 0.25) is 0 Å². The molecule has 0 spiro atoms. The molecule has 0 aliphatic carbocycles. The van der Waals surface area contributed by atoms with Crippen molar-refractivity contribution in [2.45, 2.75) is 0 Å². The largest absolute Gasteiger partial charge is 0.493 e. The summed E-state index contributed by atoms with van der Waals surface area (Å²) in [5.41, 5.74) is 3.70. The van der Waals surface area contributed by atoms with Crippen LogP contribution < -0.4 is 14.9 Å². The van der Waals surface area contributed by atoms with Gasteiger partial charge >= 0.3 is 5.97 Å².